The third-order valence-electron chi connectivity index (χ3n) is 1.95. The van der Waals surface area contributed by atoms with E-state index in [9.17, 15) is 0 Å². The van der Waals surface area contributed by atoms with Gasteiger partial charge in [0.1, 0.15) is 5.75 Å². The van der Waals surface area contributed by atoms with Crippen molar-refractivity contribution in [1.82, 2.24) is 4.90 Å². The van der Waals surface area contributed by atoms with Gasteiger partial charge in [-0.1, -0.05) is 22.7 Å². The molecule has 0 radical (unpaired) electrons. The summed E-state index contributed by atoms with van der Waals surface area (Å²) in [6.07, 6.45) is 6.51. The van der Waals surface area contributed by atoms with Crippen molar-refractivity contribution in [3.63, 3.8) is 0 Å². The Balaban J connectivity index is 2.89. The zero-order valence-electron chi connectivity index (χ0n) is 10.6. The molecular weight excluding hydrogens is 284 g/mol. The maximum absolute atomic E-state index is 5.92. The van der Waals surface area contributed by atoms with Crippen LogP contribution in [0.4, 0.5) is 0 Å². The van der Waals surface area contributed by atoms with E-state index in [-0.39, 0.29) is 6.61 Å². The number of terminal acetylenes is 1. The number of oxime groups is 1. The van der Waals surface area contributed by atoms with Gasteiger partial charge in [0.25, 0.3) is 5.17 Å². The average molecular weight is 297 g/mol. The third kappa shape index (κ3) is 5.16. The Morgan fingerprint density at radius 1 is 1.58 bits per heavy atom. The Labute approximate surface area is 122 Å². The molecule has 0 aromatic heterocycles. The van der Waals surface area contributed by atoms with Gasteiger partial charge in [-0.15, -0.1) is 6.42 Å². The third-order valence-corrected chi connectivity index (χ3v) is 2.63. The topological polar surface area (TPSA) is 34.1 Å². The normalized spacial score (nSPS) is 10.0. The van der Waals surface area contributed by atoms with Gasteiger partial charge in [0.2, 0.25) is 0 Å². The molecule has 0 amide bonds. The van der Waals surface area contributed by atoms with Crippen molar-refractivity contribution >= 4 is 35.2 Å². The van der Waals surface area contributed by atoms with Gasteiger partial charge in [-0.3, -0.25) is 0 Å². The second kappa shape index (κ2) is 7.62. The van der Waals surface area contributed by atoms with Crippen LogP contribution < -0.4 is 4.74 Å². The van der Waals surface area contributed by atoms with Crippen molar-refractivity contribution < 1.29 is 9.57 Å². The molecule has 1 aromatic carbocycles. The second-order valence-electron chi connectivity index (χ2n) is 3.66. The van der Waals surface area contributed by atoms with Gasteiger partial charge in [0, 0.05) is 24.7 Å². The molecule has 0 unspecified atom stereocenters. The predicted octanol–water partition coefficient (Wildman–Crippen LogP) is 2.55. The van der Waals surface area contributed by atoms with Crippen LogP contribution in [0.1, 0.15) is 5.56 Å². The summed E-state index contributed by atoms with van der Waals surface area (Å²) < 4.78 is 5.53. The summed E-state index contributed by atoms with van der Waals surface area (Å²) in [6, 6.07) is 5.10. The highest BCUT2D eigenvalue weighted by Crippen LogP contribution is 2.22. The maximum atomic E-state index is 5.92. The van der Waals surface area contributed by atoms with Crippen molar-refractivity contribution in [3.05, 3.63) is 28.8 Å². The number of rotatable bonds is 4. The molecular formula is C13H13ClN2O2S. The van der Waals surface area contributed by atoms with Gasteiger partial charge in [-0.25, -0.2) is 0 Å². The Morgan fingerprint density at radius 3 is 2.95 bits per heavy atom. The lowest BCUT2D eigenvalue weighted by atomic mass is 10.2. The lowest BCUT2D eigenvalue weighted by Gasteiger charge is -2.15. The maximum Gasteiger partial charge on any atom is 0.264 e. The van der Waals surface area contributed by atoms with Gasteiger partial charge >= 0.3 is 0 Å². The van der Waals surface area contributed by atoms with Crippen LogP contribution in [0.3, 0.4) is 0 Å². The number of ether oxygens (including phenoxy) is 1. The fraction of sp³-hybridized carbons (Fsp3) is 0.231. The van der Waals surface area contributed by atoms with E-state index in [1.54, 1.807) is 37.2 Å². The molecule has 0 aliphatic heterocycles. The highest BCUT2D eigenvalue weighted by atomic mass is 35.5. The Hall–Kier alpha value is -1.77. The van der Waals surface area contributed by atoms with Crippen LogP contribution in [0.2, 0.25) is 5.02 Å². The minimum atomic E-state index is 0.101. The molecule has 0 fully saturated rings. The first kappa shape index (κ1) is 15.3. The number of thiocarbonyl (C=S) groups is 1. The van der Waals surface area contributed by atoms with Gasteiger partial charge < -0.3 is 14.5 Å². The standard InChI is InChI=1S/C13H13ClN2O2S/c1-4-7-17-15-9-10-8-11(14)5-6-12(10)18-13(19)16(2)3/h1,5-6,8-9H,7H2,2-3H3/b15-9+. The minimum absolute atomic E-state index is 0.101. The second-order valence-corrected chi connectivity index (χ2v) is 4.44. The van der Waals surface area contributed by atoms with Crippen molar-refractivity contribution in [2.45, 2.75) is 0 Å². The summed E-state index contributed by atoms with van der Waals surface area (Å²) in [5.41, 5.74) is 0.647. The van der Waals surface area contributed by atoms with E-state index < -0.39 is 0 Å². The molecule has 1 rings (SSSR count). The van der Waals surface area contributed by atoms with Crippen LogP contribution in [-0.4, -0.2) is 37.0 Å². The Bertz CT molecular complexity index is 524. The molecule has 19 heavy (non-hydrogen) atoms. The number of hydrogen-bond donors (Lipinski definition) is 0. The van der Waals surface area contributed by atoms with Gasteiger partial charge in [-0.2, -0.15) is 0 Å². The molecule has 4 nitrogen and oxygen atoms in total. The quantitative estimate of drug-likeness (QED) is 0.281. The molecule has 100 valence electrons. The average Bonchev–Trinajstić information content (AvgIpc) is 2.37. The molecule has 0 N–H and O–H groups in total. The largest absolute Gasteiger partial charge is 0.431 e. The lowest BCUT2D eigenvalue weighted by molar-refractivity contribution is 0.181. The summed E-state index contributed by atoms with van der Waals surface area (Å²) >= 11 is 11.0. The fourth-order valence-corrected chi connectivity index (χ4v) is 1.34. The van der Waals surface area contributed by atoms with Crippen molar-refractivity contribution in [2.24, 2.45) is 5.16 Å². The molecule has 0 atom stereocenters. The highest BCUT2D eigenvalue weighted by Gasteiger charge is 2.07. The highest BCUT2D eigenvalue weighted by molar-refractivity contribution is 7.80. The SMILES string of the molecule is C#CCO/N=C/c1cc(Cl)ccc1OC(=S)N(C)C. The summed E-state index contributed by atoms with van der Waals surface area (Å²) in [5.74, 6) is 2.84. The van der Waals surface area contributed by atoms with Gasteiger partial charge in [0.15, 0.2) is 6.61 Å². The summed E-state index contributed by atoms with van der Waals surface area (Å²) in [4.78, 5) is 6.51. The molecule has 0 bridgehead atoms. The van der Waals surface area contributed by atoms with E-state index in [0.717, 1.165) is 0 Å². The molecule has 0 spiro atoms. The molecule has 0 saturated carbocycles. The minimum Gasteiger partial charge on any atom is -0.431 e. The van der Waals surface area contributed by atoms with Crippen LogP contribution in [-0.2, 0) is 4.84 Å². The van der Waals surface area contributed by atoms with E-state index in [2.05, 4.69) is 11.1 Å². The van der Waals surface area contributed by atoms with E-state index in [1.807, 2.05) is 0 Å². The molecule has 0 saturated heterocycles. The number of hydrogen-bond acceptors (Lipinski definition) is 4. The fourth-order valence-electron chi connectivity index (χ4n) is 1.07. The monoisotopic (exact) mass is 296 g/mol. The molecule has 0 heterocycles. The zero-order valence-corrected chi connectivity index (χ0v) is 12.2. The van der Waals surface area contributed by atoms with Crippen molar-refractivity contribution in [2.75, 3.05) is 20.7 Å². The van der Waals surface area contributed by atoms with Crippen molar-refractivity contribution in [1.29, 1.82) is 0 Å². The predicted molar refractivity (Wildman–Crippen MR) is 80.7 cm³/mol. The van der Waals surface area contributed by atoms with E-state index >= 15 is 0 Å². The number of benzene rings is 1. The summed E-state index contributed by atoms with van der Waals surface area (Å²) in [7, 11) is 3.59. The first-order valence-electron chi connectivity index (χ1n) is 5.32. The van der Waals surface area contributed by atoms with Crippen molar-refractivity contribution in [3.8, 4) is 18.1 Å². The van der Waals surface area contributed by atoms with Crippen LogP contribution >= 0.6 is 23.8 Å². The van der Waals surface area contributed by atoms with Gasteiger partial charge in [0.05, 0.1) is 6.21 Å². The number of nitrogens with zero attached hydrogens (tertiary/aromatic N) is 2. The molecule has 1 aromatic rings. The van der Waals surface area contributed by atoms with Crippen LogP contribution in [0.25, 0.3) is 0 Å². The first-order chi connectivity index (χ1) is 9.04. The van der Waals surface area contributed by atoms with E-state index in [4.69, 9.17) is 39.8 Å². The molecule has 0 aliphatic carbocycles. The van der Waals surface area contributed by atoms with E-state index in [1.165, 1.54) is 6.21 Å². The lowest BCUT2D eigenvalue weighted by Crippen LogP contribution is -2.25. The van der Waals surface area contributed by atoms with E-state index in [0.29, 0.717) is 21.5 Å². The zero-order chi connectivity index (χ0) is 14.3. The summed E-state index contributed by atoms with van der Waals surface area (Å²) in [5, 5.41) is 4.61. The van der Waals surface area contributed by atoms with Gasteiger partial charge in [-0.05, 0) is 30.4 Å². The Kier molecular flexibility index (Phi) is 6.13. The van der Waals surface area contributed by atoms with Crippen LogP contribution in [0.5, 0.6) is 5.75 Å². The van der Waals surface area contributed by atoms with Crippen LogP contribution in [0.15, 0.2) is 23.4 Å². The number of halogens is 1. The first-order valence-corrected chi connectivity index (χ1v) is 6.10. The van der Waals surface area contributed by atoms with Crippen LogP contribution in [0, 0.1) is 12.3 Å². The summed E-state index contributed by atoms with van der Waals surface area (Å²) in [6.45, 7) is 0.101. The molecule has 0 aliphatic rings. The molecule has 6 heteroatoms. The Morgan fingerprint density at radius 2 is 2.32 bits per heavy atom. The smallest absolute Gasteiger partial charge is 0.264 e.